The molecule has 0 atom stereocenters. The predicted molar refractivity (Wildman–Crippen MR) is 290 cm³/mol. The molecule has 0 unspecified atom stereocenters. The van der Waals surface area contributed by atoms with Crippen LogP contribution < -0.4 is 14.5 Å². The van der Waals surface area contributed by atoms with Gasteiger partial charge in [-0.25, -0.2) is 4.98 Å². The fourth-order valence-electron chi connectivity index (χ4n) is 9.20. The van der Waals surface area contributed by atoms with Crippen molar-refractivity contribution in [3.63, 3.8) is 0 Å². The zero-order valence-corrected chi connectivity index (χ0v) is 44.5. The Labute approximate surface area is 437 Å². The van der Waals surface area contributed by atoms with Crippen LogP contribution in [0.4, 0.5) is 22.7 Å². The number of nitrogens with zero attached hydrogens (tertiary/aromatic N) is 4. The number of para-hydroxylation sites is 3. The summed E-state index contributed by atoms with van der Waals surface area (Å²) in [7, 11) is 0. The van der Waals surface area contributed by atoms with Crippen LogP contribution in [0.2, 0.25) is 0 Å². The number of ether oxygens (including phenoxy) is 1. The van der Waals surface area contributed by atoms with Crippen LogP contribution in [0.3, 0.4) is 0 Å². The number of pyridine rings is 1. The molecule has 7 aromatic carbocycles. The van der Waals surface area contributed by atoms with Gasteiger partial charge in [-0.2, -0.15) is 12.1 Å². The number of anilines is 4. The minimum atomic E-state index is -0.437. The van der Waals surface area contributed by atoms with Gasteiger partial charge in [0, 0.05) is 72.5 Å². The van der Waals surface area contributed by atoms with Gasteiger partial charge in [-0.1, -0.05) is 179 Å². The van der Waals surface area contributed by atoms with Crippen LogP contribution >= 0.6 is 0 Å². The second kappa shape index (κ2) is 18.1. The van der Waals surface area contributed by atoms with Gasteiger partial charge >= 0.3 is 0 Å². The van der Waals surface area contributed by atoms with Crippen molar-refractivity contribution >= 4 is 44.6 Å². The summed E-state index contributed by atoms with van der Waals surface area (Å²) in [6.07, 6.45) is 1.88. The molecule has 3 heterocycles. The minimum Gasteiger partial charge on any atom is -0.509 e. The fourth-order valence-corrected chi connectivity index (χ4v) is 9.20. The molecule has 10 rings (SSSR count). The molecule has 1 aliphatic rings. The molecule has 70 heavy (non-hydrogen) atoms. The van der Waals surface area contributed by atoms with Crippen LogP contribution in [0.15, 0.2) is 158 Å². The molecule has 1 aliphatic heterocycles. The first-order valence-electron chi connectivity index (χ1n) is 26.4. The topological polar surface area (TPSA) is 33.5 Å². The minimum absolute atomic E-state index is 0. The van der Waals surface area contributed by atoms with Gasteiger partial charge < -0.3 is 19.1 Å². The van der Waals surface area contributed by atoms with Crippen molar-refractivity contribution in [2.75, 3.05) is 9.80 Å². The van der Waals surface area contributed by atoms with Crippen LogP contribution in [0.5, 0.6) is 11.5 Å². The molecule has 2 aromatic heterocycles. The van der Waals surface area contributed by atoms with E-state index in [9.17, 15) is 2.74 Å². The molecule has 0 fully saturated rings. The summed E-state index contributed by atoms with van der Waals surface area (Å²) in [5.41, 5.74) is 11.7. The summed E-state index contributed by atoms with van der Waals surface area (Å²) in [4.78, 5) is 9.05. The molecular formula is C64H63N4OPt-3. The summed E-state index contributed by atoms with van der Waals surface area (Å²) in [6.45, 7) is 28.6. The van der Waals surface area contributed by atoms with E-state index in [0.717, 1.165) is 61.3 Å². The second-order valence-electron chi connectivity index (χ2n) is 22.4. The van der Waals surface area contributed by atoms with Crippen LogP contribution in [-0.4, -0.2) is 9.55 Å². The first-order chi connectivity index (χ1) is 34.8. The Hall–Kier alpha value is -6.42. The first kappa shape index (κ1) is 42.5. The number of hydrogen-bond acceptors (Lipinski definition) is 4. The van der Waals surface area contributed by atoms with E-state index < -0.39 is 6.04 Å². The Balaban J connectivity index is 0.00000689. The van der Waals surface area contributed by atoms with Crippen molar-refractivity contribution in [1.82, 2.24) is 9.55 Å². The Bertz CT molecular complexity index is 3640. The van der Waals surface area contributed by atoms with Gasteiger partial charge in [-0.3, -0.25) is 0 Å². The van der Waals surface area contributed by atoms with Crippen LogP contribution in [0, 0.1) is 18.8 Å². The number of rotatable bonds is 7. The van der Waals surface area contributed by atoms with E-state index in [4.69, 9.17) is 13.8 Å². The van der Waals surface area contributed by atoms with Crippen molar-refractivity contribution in [3.8, 4) is 39.6 Å². The largest absolute Gasteiger partial charge is 0.509 e. The van der Waals surface area contributed by atoms with Crippen molar-refractivity contribution in [1.29, 1.82) is 0 Å². The van der Waals surface area contributed by atoms with Gasteiger partial charge in [-0.05, 0) is 90.8 Å². The average Bonchev–Trinajstić information content (AvgIpc) is 3.92. The van der Waals surface area contributed by atoms with E-state index in [-0.39, 0.29) is 72.5 Å². The van der Waals surface area contributed by atoms with Crippen LogP contribution in [0.1, 0.15) is 112 Å². The third kappa shape index (κ3) is 9.22. The zero-order chi connectivity index (χ0) is 53.0. The quantitative estimate of drug-likeness (QED) is 0.149. The van der Waals surface area contributed by atoms with Gasteiger partial charge in [0.05, 0.1) is 6.85 Å². The Morgan fingerprint density at radius 3 is 1.79 bits per heavy atom. The fraction of sp³-hybridized carbons (Fsp3) is 0.250. The van der Waals surface area contributed by atoms with Gasteiger partial charge in [0.1, 0.15) is 5.82 Å². The van der Waals surface area contributed by atoms with E-state index in [1.54, 1.807) is 0 Å². The van der Waals surface area contributed by atoms with E-state index in [2.05, 4.69) is 170 Å². The van der Waals surface area contributed by atoms with Crippen LogP contribution in [-0.2, 0) is 42.7 Å². The molecule has 0 radical (unpaired) electrons. The maximum atomic E-state index is 9.23. The van der Waals surface area contributed by atoms with Gasteiger partial charge in [0.2, 0.25) is 0 Å². The molecule has 0 aliphatic carbocycles. The summed E-state index contributed by atoms with van der Waals surface area (Å²) in [5.74, 6) is 1.82. The molecule has 0 spiro atoms. The molecule has 0 saturated carbocycles. The Morgan fingerprint density at radius 1 is 0.529 bits per heavy atom. The van der Waals surface area contributed by atoms with E-state index in [1.165, 1.54) is 11.1 Å². The number of hydrogen-bond donors (Lipinski definition) is 0. The molecule has 6 heteroatoms. The number of aromatic nitrogens is 2. The molecule has 0 saturated heterocycles. The van der Waals surface area contributed by atoms with E-state index in [0.29, 0.717) is 28.4 Å². The monoisotopic (exact) mass is 1100 g/mol. The Kier molecular flexibility index (Phi) is 11.0. The third-order valence-electron chi connectivity index (χ3n) is 13.2. The zero-order valence-electron chi connectivity index (χ0n) is 47.2. The first-order valence-corrected chi connectivity index (χ1v) is 23.9. The smallest absolute Gasteiger partial charge is 0.135 e. The molecule has 0 amide bonds. The van der Waals surface area contributed by atoms with E-state index in [1.807, 2.05) is 73.5 Å². The third-order valence-corrected chi connectivity index (χ3v) is 13.2. The average molecular weight is 1100 g/mol. The van der Waals surface area contributed by atoms with E-state index >= 15 is 0 Å². The maximum Gasteiger partial charge on any atom is 0.135 e. The molecule has 5 nitrogen and oxygen atoms in total. The molecule has 358 valence electrons. The van der Waals surface area contributed by atoms with Crippen molar-refractivity contribution < 1.29 is 32.7 Å². The molecular weight excluding hydrogens is 1040 g/mol. The van der Waals surface area contributed by atoms with Gasteiger partial charge in [-0.15, -0.1) is 48.1 Å². The predicted octanol–water partition coefficient (Wildman–Crippen LogP) is 17.5. The standard InChI is InChI=1S/C64H63N4O.Pt/c1-61(2,3)44-28-31-55-54(37-44)53-30-29-50(40-58(53)68(55)59-38-45(32-33-65-59)62(4,5)6)69-49-23-18-22-48(39-49)66-41-67(57-27-17-16-26-56(57)66)60-51(42-20-14-13-15-21-42)24-19-25-52(60)43-34-46(63(7,8)9)36-47(35-43)64(10,11)12;/h13-38,41H,1-12H3;/q-3;/i13D,14D,15D,20D,21D;. The van der Waals surface area contributed by atoms with Crippen molar-refractivity contribution in [2.45, 2.75) is 105 Å². The van der Waals surface area contributed by atoms with Crippen LogP contribution in [0.25, 0.3) is 49.9 Å². The number of fused-ring (bicyclic) bond motifs is 4. The van der Waals surface area contributed by atoms with Gasteiger partial charge in [0.15, 0.2) is 0 Å². The Morgan fingerprint density at radius 2 is 1.13 bits per heavy atom. The molecule has 9 aromatic rings. The normalized spacial score (nSPS) is 14.2. The second-order valence-corrected chi connectivity index (χ2v) is 22.4. The summed E-state index contributed by atoms with van der Waals surface area (Å²) in [5, 5.41) is 2.16. The summed E-state index contributed by atoms with van der Waals surface area (Å²) in [6, 6.07) is 47.0. The summed E-state index contributed by atoms with van der Waals surface area (Å²) < 4.78 is 53.4. The molecule has 0 N–H and O–H groups in total. The SMILES string of the molecule is [2H]c1c([2H])c([2H])c(-c2cccc(-c3cc(C(C)(C)C)cc(C(C)(C)C)c3)c2N2[CH-]N(c3[c-]c(Oc4[c-]c5c(cc4)c4cc(C(C)(C)C)ccc4n5-c4cc(C(C)(C)C)ccn4)ccc3)c3ccccc32)c([2H])c1[2H].[Pt]. The summed E-state index contributed by atoms with van der Waals surface area (Å²) >= 11 is 0. The molecule has 0 bridgehead atoms. The van der Waals surface area contributed by atoms with Crippen molar-refractivity contribution in [2.24, 2.45) is 0 Å². The number of benzene rings is 7. The van der Waals surface area contributed by atoms with Gasteiger partial charge in [0.25, 0.3) is 0 Å². The maximum absolute atomic E-state index is 9.23. The van der Waals surface area contributed by atoms with Crippen molar-refractivity contribution in [3.05, 3.63) is 199 Å².